The Hall–Kier alpha value is -3.46. The molecule has 2 N–H and O–H groups in total. The van der Waals surface area contributed by atoms with Gasteiger partial charge in [-0.15, -0.1) is 0 Å². The summed E-state index contributed by atoms with van der Waals surface area (Å²) in [4.78, 5) is 15.1. The zero-order valence-electron chi connectivity index (χ0n) is 18.3. The highest BCUT2D eigenvalue weighted by Crippen LogP contribution is 2.30. The number of aryl methyl sites for hydroxylation is 2. The summed E-state index contributed by atoms with van der Waals surface area (Å²) in [7, 11) is -3.96. The monoisotopic (exact) mass is 469 g/mol. The van der Waals surface area contributed by atoms with Gasteiger partial charge in [0.05, 0.1) is 10.6 Å². The molecule has 1 heterocycles. The topological polar surface area (TPSA) is 101 Å². The lowest BCUT2D eigenvalue weighted by Crippen LogP contribution is -2.22. The van der Waals surface area contributed by atoms with Gasteiger partial charge < -0.3 is 9.73 Å². The van der Waals surface area contributed by atoms with Crippen molar-refractivity contribution in [2.24, 2.45) is 5.10 Å². The Labute approximate surface area is 191 Å². The van der Waals surface area contributed by atoms with Crippen molar-refractivity contribution in [3.8, 4) is 0 Å². The third kappa shape index (κ3) is 4.68. The Morgan fingerprint density at radius 2 is 1.85 bits per heavy atom. The lowest BCUT2D eigenvalue weighted by molar-refractivity contribution is 0.0994. The van der Waals surface area contributed by atoms with Crippen molar-refractivity contribution in [1.82, 2.24) is 4.83 Å². The predicted octanol–water partition coefficient (Wildman–Crippen LogP) is 4.56. The number of hydrazone groups is 1. The number of anilines is 1. The molecule has 0 saturated heterocycles. The second kappa shape index (κ2) is 9.19. The van der Waals surface area contributed by atoms with Crippen LogP contribution in [0.2, 0.25) is 0 Å². The molecule has 0 saturated carbocycles. The molecule has 0 bridgehead atoms. The van der Waals surface area contributed by atoms with Crippen LogP contribution >= 0.6 is 0 Å². The van der Waals surface area contributed by atoms with E-state index in [2.05, 4.69) is 15.2 Å². The first-order valence-corrected chi connectivity index (χ1v) is 12.1. The molecule has 0 fully saturated rings. The molecule has 3 aromatic rings. The van der Waals surface area contributed by atoms with E-state index in [0.29, 0.717) is 41.9 Å². The van der Waals surface area contributed by atoms with Gasteiger partial charge in [-0.3, -0.25) is 4.79 Å². The predicted molar refractivity (Wildman–Crippen MR) is 123 cm³/mol. The van der Waals surface area contributed by atoms with Crippen LogP contribution in [0.4, 0.5) is 10.1 Å². The Morgan fingerprint density at radius 3 is 2.58 bits per heavy atom. The van der Waals surface area contributed by atoms with Crippen LogP contribution in [-0.4, -0.2) is 20.0 Å². The molecule has 9 heteroatoms. The highest BCUT2D eigenvalue weighted by atomic mass is 32.2. The van der Waals surface area contributed by atoms with Crippen LogP contribution < -0.4 is 10.1 Å². The van der Waals surface area contributed by atoms with E-state index in [-0.39, 0.29) is 16.6 Å². The molecule has 1 aliphatic carbocycles. The van der Waals surface area contributed by atoms with Crippen LogP contribution in [0.1, 0.15) is 52.8 Å². The first-order chi connectivity index (χ1) is 15.8. The van der Waals surface area contributed by atoms with E-state index < -0.39 is 15.8 Å². The van der Waals surface area contributed by atoms with E-state index in [0.717, 1.165) is 29.8 Å². The van der Waals surface area contributed by atoms with Gasteiger partial charge in [-0.1, -0.05) is 25.1 Å². The molecule has 0 unspecified atom stereocenters. The number of nitrogens with zero attached hydrogens (tertiary/aromatic N) is 1. The number of carbonyl (C=O) groups is 1. The number of furan rings is 1. The third-order valence-corrected chi connectivity index (χ3v) is 6.83. The van der Waals surface area contributed by atoms with Gasteiger partial charge in [0, 0.05) is 23.2 Å². The van der Waals surface area contributed by atoms with E-state index >= 15 is 0 Å². The van der Waals surface area contributed by atoms with E-state index in [9.17, 15) is 17.6 Å². The third-order valence-electron chi connectivity index (χ3n) is 5.60. The highest BCUT2D eigenvalue weighted by molar-refractivity contribution is 7.89. The average molecular weight is 470 g/mol. The number of benzene rings is 2. The Balaban J connectivity index is 1.61. The van der Waals surface area contributed by atoms with Crippen LogP contribution in [0.3, 0.4) is 0 Å². The van der Waals surface area contributed by atoms with Gasteiger partial charge in [-0.25, -0.2) is 4.39 Å². The van der Waals surface area contributed by atoms with E-state index in [1.807, 2.05) is 31.2 Å². The number of fused-ring (bicyclic) bond motifs is 1. The maximum absolute atomic E-state index is 13.1. The molecule has 4 rings (SSSR count). The molecule has 7 nitrogen and oxygen atoms in total. The van der Waals surface area contributed by atoms with Crippen LogP contribution in [0.5, 0.6) is 0 Å². The zero-order chi connectivity index (χ0) is 23.6. The number of nitrogens with one attached hydrogen (secondary N) is 2. The van der Waals surface area contributed by atoms with Gasteiger partial charge in [0.2, 0.25) is 0 Å². The quantitative estimate of drug-likeness (QED) is 0.517. The SMILES string of the molecule is CCc1ccccc1NC(=O)c1oc2c(c1C)/C(=N/NS(=O)(=O)c1ccc(F)cc1)CCC2. The van der Waals surface area contributed by atoms with E-state index in [1.165, 1.54) is 12.1 Å². The minimum atomic E-state index is -3.96. The molecular formula is C24H24FN3O4S. The largest absolute Gasteiger partial charge is 0.455 e. The second-order valence-corrected chi connectivity index (χ2v) is 9.44. The smallest absolute Gasteiger partial charge is 0.291 e. The van der Waals surface area contributed by atoms with Gasteiger partial charge in [0.1, 0.15) is 11.6 Å². The summed E-state index contributed by atoms with van der Waals surface area (Å²) >= 11 is 0. The summed E-state index contributed by atoms with van der Waals surface area (Å²) < 4.78 is 44.1. The highest BCUT2D eigenvalue weighted by Gasteiger charge is 2.28. The number of amides is 1. The summed E-state index contributed by atoms with van der Waals surface area (Å²) in [5.41, 5.74) is 3.49. The fourth-order valence-corrected chi connectivity index (χ4v) is 4.74. The summed E-state index contributed by atoms with van der Waals surface area (Å²) in [5.74, 6) is -0.109. The average Bonchev–Trinajstić information content (AvgIpc) is 3.15. The van der Waals surface area contributed by atoms with Crippen molar-refractivity contribution in [1.29, 1.82) is 0 Å². The summed E-state index contributed by atoms with van der Waals surface area (Å²) in [6.07, 6.45) is 2.63. The standard InChI is InChI=1S/C24H24FN3O4S/c1-3-16-7-4-5-8-19(16)26-24(29)23-15(2)22-20(9-6-10-21(22)32-23)27-28-33(30,31)18-13-11-17(25)12-14-18/h4-5,7-8,11-14,28H,3,6,9-10H2,1-2H3,(H,26,29)/b27-20+. The lowest BCUT2D eigenvalue weighted by Gasteiger charge is -2.14. The number of hydrogen-bond acceptors (Lipinski definition) is 5. The first-order valence-electron chi connectivity index (χ1n) is 10.7. The maximum atomic E-state index is 13.1. The summed E-state index contributed by atoms with van der Waals surface area (Å²) in [6, 6.07) is 12.0. The van der Waals surface area contributed by atoms with Crippen molar-refractivity contribution in [2.75, 3.05) is 5.32 Å². The molecule has 1 aliphatic rings. The minimum Gasteiger partial charge on any atom is -0.455 e. The first kappa shape index (κ1) is 22.7. The van der Waals surface area contributed by atoms with Crippen LogP contribution in [0, 0.1) is 12.7 Å². The lowest BCUT2D eigenvalue weighted by atomic mass is 9.93. The van der Waals surface area contributed by atoms with Gasteiger partial charge in [0.25, 0.3) is 15.9 Å². The van der Waals surface area contributed by atoms with Crippen molar-refractivity contribution in [3.05, 3.63) is 82.6 Å². The van der Waals surface area contributed by atoms with Gasteiger partial charge >= 0.3 is 0 Å². The van der Waals surface area contributed by atoms with Gasteiger partial charge in [-0.05, 0) is 62.1 Å². The van der Waals surface area contributed by atoms with Crippen molar-refractivity contribution in [3.63, 3.8) is 0 Å². The Bertz CT molecular complexity index is 1330. The Kier molecular flexibility index (Phi) is 6.33. The fourth-order valence-electron chi connectivity index (χ4n) is 3.91. The molecule has 0 aliphatic heterocycles. The number of rotatable bonds is 6. The van der Waals surface area contributed by atoms with E-state index in [1.54, 1.807) is 6.92 Å². The van der Waals surface area contributed by atoms with Gasteiger partial charge in [-0.2, -0.15) is 18.4 Å². The maximum Gasteiger partial charge on any atom is 0.291 e. The molecule has 0 atom stereocenters. The second-order valence-electron chi connectivity index (χ2n) is 7.78. The van der Waals surface area contributed by atoms with Crippen LogP contribution in [-0.2, 0) is 22.9 Å². The molecule has 0 spiro atoms. The molecule has 33 heavy (non-hydrogen) atoms. The molecule has 1 amide bonds. The fraction of sp³-hybridized carbons (Fsp3) is 0.250. The molecule has 172 valence electrons. The summed E-state index contributed by atoms with van der Waals surface area (Å²) in [6.45, 7) is 3.77. The number of hydrogen-bond donors (Lipinski definition) is 2. The molecule has 2 aromatic carbocycles. The number of halogens is 1. The number of para-hydroxylation sites is 1. The molecule has 0 radical (unpaired) electrons. The van der Waals surface area contributed by atoms with Crippen molar-refractivity contribution >= 4 is 27.3 Å². The Morgan fingerprint density at radius 1 is 1.12 bits per heavy atom. The van der Waals surface area contributed by atoms with Crippen molar-refractivity contribution in [2.45, 2.75) is 44.4 Å². The number of carbonyl (C=O) groups excluding carboxylic acids is 1. The van der Waals surface area contributed by atoms with E-state index in [4.69, 9.17) is 4.42 Å². The van der Waals surface area contributed by atoms with Gasteiger partial charge in [0.15, 0.2) is 5.76 Å². The zero-order valence-corrected chi connectivity index (χ0v) is 19.1. The molecule has 1 aromatic heterocycles. The van der Waals surface area contributed by atoms with Crippen molar-refractivity contribution < 1.29 is 22.0 Å². The normalized spacial score (nSPS) is 14.7. The molecular weight excluding hydrogens is 445 g/mol. The van der Waals surface area contributed by atoms with Crippen LogP contribution in [0.15, 0.2) is 62.9 Å². The number of sulfonamides is 1. The minimum absolute atomic E-state index is 0.0946. The van der Waals surface area contributed by atoms with Crippen LogP contribution in [0.25, 0.3) is 0 Å². The summed E-state index contributed by atoms with van der Waals surface area (Å²) in [5, 5.41) is 7.04.